The van der Waals surface area contributed by atoms with Crippen LogP contribution in [0.2, 0.25) is 0 Å². The van der Waals surface area contributed by atoms with E-state index in [0.717, 1.165) is 33.3 Å². The largest absolute Gasteiger partial charge is 0.478 e. The molecule has 4 rings (SSSR count). The van der Waals surface area contributed by atoms with E-state index in [1.54, 1.807) is 0 Å². The first-order valence-corrected chi connectivity index (χ1v) is 10.8. The first-order chi connectivity index (χ1) is 15.8. The number of carbonyl (C=O) groups is 4. The van der Waals surface area contributed by atoms with Crippen LogP contribution in [0.15, 0.2) is 54.1 Å². The van der Waals surface area contributed by atoms with Crippen molar-refractivity contribution in [2.75, 3.05) is 6.54 Å². The number of hydrogen-bond donors (Lipinski definition) is 5. The molecule has 1 aliphatic rings. The van der Waals surface area contributed by atoms with E-state index < -0.39 is 18.0 Å². The zero-order valence-corrected chi connectivity index (χ0v) is 18.2. The summed E-state index contributed by atoms with van der Waals surface area (Å²) in [5.41, 5.74) is 8.75. The van der Waals surface area contributed by atoms with E-state index in [9.17, 15) is 19.2 Å². The number of aromatic amines is 1. The topological polar surface area (TPSA) is 166 Å². The second-order valence-electron chi connectivity index (χ2n) is 7.06. The van der Waals surface area contributed by atoms with E-state index >= 15 is 0 Å². The first-order valence-electron chi connectivity index (χ1n) is 9.88. The normalized spacial score (nSPS) is 15.5. The summed E-state index contributed by atoms with van der Waals surface area (Å²) in [4.78, 5) is 49.3. The van der Waals surface area contributed by atoms with E-state index in [1.807, 2.05) is 41.9 Å². The van der Waals surface area contributed by atoms with Crippen LogP contribution in [-0.2, 0) is 27.3 Å². The molecular formula is C22H22N4O6S. The zero-order chi connectivity index (χ0) is 24.0. The molecule has 6 N–H and O–H groups in total. The number of carboxylic acids is 2. The van der Waals surface area contributed by atoms with Gasteiger partial charge in [-0.2, -0.15) is 0 Å². The van der Waals surface area contributed by atoms with Gasteiger partial charge in [0.15, 0.2) is 0 Å². The van der Waals surface area contributed by atoms with Gasteiger partial charge in [-0.3, -0.25) is 9.69 Å². The molecule has 1 aromatic carbocycles. The minimum absolute atomic E-state index is 0.205. The molecule has 1 saturated heterocycles. The summed E-state index contributed by atoms with van der Waals surface area (Å²) < 4.78 is 0. The number of H-pyrrole nitrogens is 1. The number of imide groups is 1. The second kappa shape index (κ2) is 10.6. The van der Waals surface area contributed by atoms with Crippen LogP contribution in [-0.4, -0.2) is 50.5 Å². The molecule has 0 spiro atoms. The minimum Gasteiger partial charge on any atom is -0.478 e. The van der Waals surface area contributed by atoms with Crippen molar-refractivity contribution in [2.45, 2.75) is 19.0 Å². The van der Waals surface area contributed by atoms with Crippen molar-refractivity contribution >= 4 is 46.1 Å². The number of fused-ring (bicyclic) bond motifs is 1. The number of aliphatic carboxylic acids is 2. The average Bonchev–Trinajstić information content (AvgIpc) is 3.50. The summed E-state index contributed by atoms with van der Waals surface area (Å²) in [6, 6.07) is 8.75. The number of carbonyl (C=O) groups excluding carboxylic acids is 2. The molecule has 0 saturated carbocycles. The van der Waals surface area contributed by atoms with Crippen LogP contribution in [0.5, 0.6) is 0 Å². The third-order valence-corrected chi connectivity index (χ3v) is 5.75. The van der Waals surface area contributed by atoms with Gasteiger partial charge in [-0.1, -0.05) is 12.1 Å². The van der Waals surface area contributed by atoms with E-state index in [1.165, 1.54) is 16.2 Å². The molecule has 3 heterocycles. The Balaban J connectivity index is 0.000000331. The van der Waals surface area contributed by atoms with Gasteiger partial charge < -0.3 is 26.2 Å². The lowest BCUT2D eigenvalue weighted by atomic mass is 10.1. The standard InChI is InChI=1S/C18H18N4O2S.C4H4O4/c19-6-5-12-9-20-14-4-3-11(8-13(12)14)10-22-17(23)16(21-18(22)24)15-2-1-7-25-15;5-3(6)1-2-4(7)8/h1-4,7-9,16,20H,5-6,10,19H2,(H,21,24);1-2H,(H,5,6)(H,7,8)/b;2-1-. The van der Waals surface area contributed by atoms with Gasteiger partial charge >= 0.3 is 18.0 Å². The number of nitrogens with one attached hydrogen (secondary N) is 2. The number of hydrogen-bond acceptors (Lipinski definition) is 6. The number of urea groups is 1. The zero-order valence-electron chi connectivity index (χ0n) is 17.4. The highest BCUT2D eigenvalue weighted by atomic mass is 32.1. The summed E-state index contributed by atoms with van der Waals surface area (Å²) in [7, 11) is 0. The van der Waals surface area contributed by atoms with Crippen LogP contribution in [0, 0.1) is 0 Å². The van der Waals surface area contributed by atoms with Crippen LogP contribution in [0.25, 0.3) is 10.9 Å². The molecule has 1 aliphatic heterocycles. The fourth-order valence-corrected chi connectivity index (χ4v) is 4.10. The molecule has 33 heavy (non-hydrogen) atoms. The van der Waals surface area contributed by atoms with Crippen molar-refractivity contribution in [1.82, 2.24) is 15.2 Å². The van der Waals surface area contributed by atoms with Crippen molar-refractivity contribution in [3.63, 3.8) is 0 Å². The minimum atomic E-state index is -1.26. The van der Waals surface area contributed by atoms with Crippen LogP contribution in [0.1, 0.15) is 22.0 Å². The molecule has 0 bridgehead atoms. The molecular weight excluding hydrogens is 448 g/mol. The molecule has 3 amide bonds. The SMILES string of the molecule is NCCc1c[nH]c2ccc(CN3C(=O)NC(c4cccs4)C3=O)cc12.O=C(O)/C=C\C(=O)O. The molecule has 11 heteroatoms. The van der Waals surface area contributed by atoms with E-state index in [-0.39, 0.29) is 18.5 Å². The molecule has 1 unspecified atom stereocenters. The van der Waals surface area contributed by atoms with Crippen LogP contribution in [0.4, 0.5) is 4.79 Å². The van der Waals surface area contributed by atoms with E-state index in [0.29, 0.717) is 18.7 Å². The predicted molar refractivity (Wildman–Crippen MR) is 122 cm³/mol. The number of aromatic nitrogens is 1. The van der Waals surface area contributed by atoms with Gasteiger partial charge in [0.25, 0.3) is 5.91 Å². The summed E-state index contributed by atoms with van der Waals surface area (Å²) >= 11 is 1.47. The average molecular weight is 471 g/mol. The number of nitrogens with zero attached hydrogens (tertiary/aromatic N) is 1. The van der Waals surface area contributed by atoms with Crippen LogP contribution < -0.4 is 11.1 Å². The Kier molecular flexibility index (Phi) is 7.59. The van der Waals surface area contributed by atoms with Crippen LogP contribution in [0.3, 0.4) is 0 Å². The Labute approximate surface area is 192 Å². The van der Waals surface area contributed by atoms with E-state index in [2.05, 4.69) is 10.3 Å². The third-order valence-electron chi connectivity index (χ3n) is 4.81. The van der Waals surface area contributed by atoms with E-state index in [4.69, 9.17) is 15.9 Å². The quantitative estimate of drug-likeness (QED) is 0.261. The van der Waals surface area contributed by atoms with Gasteiger partial charge in [0.05, 0.1) is 6.54 Å². The summed E-state index contributed by atoms with van der Waals surface area (Å²) in [5, 5.41) is 21.4. The maximum absolute atomic E-state index is 12.6. The Hall–Kier alpha value is -3.96. The van der Waals surface area contributed by atoms with Crippen molar-refractivity contribution in [3.8, 4) is 0 Å². The fourth-order valence-electron chi connectivity index (χ4n) is 3.33. The van der Waals surface area contributed by atoms with Gasteiger partial charge in [0.1, 0.15) is 6.04 Å². The van der Waals surface area contributed by atoms with Crippen molar-refractivity contribution in [3.05, 3.63) is 70.1 Å². The summed E-state index contributed by atoms with van der Waals surface area (Å²) in [6.07, 6.45) is 3.86. The Morgan fingerprint density at radius 1 is 1.15 bits per heavy atom. The highest BCUT2D eigenvalue weighted by Gasteiger charge is 2.39. The number of rotatable bonds is 7. The van der Waals surface area contributed by atoms with Gasteiger partial charge in [0, 0.05) is 34.1 Å². The van der Waals surface area contributed by atoms with Crippen molar-refractivity contribution in [1.29, 1.82) is 0 Å². The van der Waals surface area contributed by atoms with Gasteiger partial charge in [0.2, 0.25) is 0 Å². The second-order valence-corrected chi connectivity index (χ2v) is 8.04. The molecule has 10 nitrogen and oxygen atoms in total. The highest BCUT2D eigenvalue weighted by Crippen LogP contribution is 2.27. The number of nitrogens with two attached hydrogens (primary N) is 1. The molecule has 2 aromatic heterocycles. The summed E-state index contributed by atoms with van der Waals surface area (Å²) in [6.45, 7) is 0.836. The first kappa shape index (κ1) is 23.7. The van der Waals surface area contributed by atoms with Gasteiger partial charge in [-0.15, -0.1) is 11.3 Å². The van der Waals surface area contributed by atoms with Gasteiger partial charge in [-0.05, 0) is 47.7 Å². The molecule has 1 fully saturated rings. The third kappa shape index (κ3) is 5.84. The van der Waals surface area contributed by atoms with Crippen molar-refractivity contribution in [2.24, 2.45) is 5.73 Å². The molecule has 172 valence electrons. The number of thiophene rings is 1. The molecule has 0 radical (unpaired) electrons. The molecule has 0 aliphatic carbocycles. The number of carboxylic acid groups (broad SMARTS) is 2. The molecule has 1 atom stereocenters. The lowest BCUT2D eigenvalue weighted by Crippen LogP contribution is -2.30. The smallest absolute Gasteiger partial charge is 0.328 e. The predicted octanol–water partition coefficient (Wildman–Crippen LogP) is 2.24. The maximum atomic E-state index is 12.6. The Morgan fingerprint density at radius 3 is 2.48 bits per heavy atom. The molecule has 3 aromatic rings. The Morgan fingerprint density at radius 2 is 1.88 bits per heavy atom. The monoisotopic (exact) mass is 470 g/mol. The number of amides is 3. The lowest BCUT2D eigenvalue weighted by molar-refractivity contribution is -0.134. The lowest BCUT2D eigenvalue weighted by Gasteiger charge is -2.13. The highest BCUT2D eigenvalue weighted by molar-refractivity contribution is 7.10. The number of benzene rings is 1. The van der Waals surface area contributed by atoms with Crippen molar-refractivity contribution < 1.29 is 29.4 Å². The van der Waals surface area contributed by atoms with Crippen LogP contribution >= 0.6 is 11.3 Å². The maximum Gasteiger partial charge on any atom is 0.328 e. The Bertz CT molecular complexity index is 1180. The van der Waals surface area contributed by atoms with Gasteiger partial charge in [-0.25, -0.2) is 14.4 Å². The fraction of sp³-hybridized carbons (Fsp3) is 0.182. The summed E-state index contributed by atoms with van der Waals surface area (Å²) in [5.74, 6) is -2.72.